The number of hydrogen-bond acceptors (Lipinski definition) is 6. The van der Waals surface area contributed by atoms with Crippen LogP contribution in [0.5, 0.6) is 5.75 Å². The van der Waals surface area contributed by atoms with Gasteiger partial charge in [-0.2, -0.15) is 0 Å². The summed E-state index contributed by atoms with van der Waals surface area (Å²) in [4.78, 5) is 28.8. The van der Waals surface area contributed by atoms with Crippen molar-refractivity contribution in [1.29, 1.82) is 0 Å². The van der Waals surface area contributed by atoms with Crippen molar-refractivity contribution in [3.8, 4) is 5.75 Å². The number of halogens is 3. The Kier molecular flexibility index (Phi) is 8.55. The summed E-state index contributed by atoms with van der Waals surface area (Å²) in [6, 6.07) is 14.1. The Morgan fingerprint density at radius 3 is 2.41 bits per heavy atom. The normalized spacial score (nSPS) is 11.2. The van der Waals surface area contributed by atoms with E-state index in [9.17, 15) is 27.9 Å². The number of aliphatic hydroxyl groups is 1. The maximum absolute atomic E-state index is 12.4. The van der Waals surface area contributed by atoms with Gasteiger partial charge < -0.3 is 25.0 Å². The number of hydrogen-bond donors (Lipinski definition) is 3. The van der Waals surface area contributed by atoms with E-state index in [0.29, 0.717) is 23.1 Å². The van der Waals surface area contributed by atoms with Crippen LogP contribution in [-0.2, 0) is 29.3 Å². The number of anilines is 1. The van der Waals surface area contributed by atoms with E-state index in [1.165, 1.54) is 22.9 Å². The van der Waals surface area contributed by atoms with Crippen molar-refractivity contribution in [3.05, 3.63) is 72.1 Å². The molecule has 0 fully saturated rings. The molecule has 0 radical (unpaired) electrons. The summed E-state index contributed by atoms with van der Waals surface area (Å²) in [5.74, 6) is -1.19. The zero-order valence-corrected chi connectivity index (χ0v) is 18.5. The van der Waals surface area contributed by atoms with Gasteiger partial charge >= 0.3 is 6.36 Å². The Labute approximate surface area is 197 Å². The second-order valence-corrected chi connectivity index (χ2v) is 7.89. The summed E-state index contributed by atoms with van der Waals surface area (Å²) in [5, 5.41) is 15.3. The molecule has 1 aromatic heterocycles. The van der Waals surface area contributed by atoms with Gasteiger partial charge in [0.1, 0.15) is 12.3 Å². The minimum absolute atomic E-state index is 0.0751. The number of nitrogens with zero attached hydrogens (tertiary/aromatic N) is 2. The first-order chi connectivity index (χ1) is 16.2. The van der Waals surface area contributed by atoms with Gasteiger partial charge in [0.05, 0.1) is 24.3 Å². The highest BCUT2D eigenvalue weighted by Crippen LogP contribution is 2.24. The SMILES string of the molecule is O=C(Cn1c(CO)cnc1SCC(=O)Nc1ccc(OC(F)(F)F)cc1)NCc1ccccc1. The Bertz CT molecular complexity index is 1110. The maximum Gasteiger partial charge on any atom is 0.573 e. The van der Waals surface area contributed by atoms with Crippen molar-refractivity contribution in [2.45, 2.75) is 31.2 Å². The molecule has 0 aliphatic rings. The van der Waals surface area contributed by atoms with Crippen LogP contribution in [0.15, 0.2) is 66.0 Å². The van der Waals surface area contributed by atoms with Gasteiger partial charge in [-0.25, -0.2) is 4.98 Å². The highest BCUT2D eigenvalue weighted by atomic mass is 32.2. The third-order valence-electron chi connectivity index (χ3n) is 4.40. The first-order valence-corrected chi connectivity index (χ1v) is 11.0. The van der Waals surface area contributed by atoms with Crippen LogP contribution >= 0.6 is 11.8 Å². The summed E-state index contributed by atoms with van der Waals surface area (Å²) in [6.45, 7) is -0.0775. The molecular weight excluding hydrogens is 473 g/mol. The fourth-order valence-corrected chi connectivity index (χ4v) is 3.66. The van der Waals surface area contributed by atoms with E-state index in [1.54, 1.807) is 0 Å². The average molecular weight is 494 g/mol. The summed E-state index contributed by atoms with van der Waals surface area (Å²) in [7, 11) is 0. The molecule has 2 amide bonds. The summed E-state index contributed by atoms with van der Waals surface area (Å²) in [6.07, 6.45) is -3.38. The van der Waals surface area contributed by atoms with E-state index in [2.05, 4.69) is 20.4 Å². The zero-order valence-electron chi connectivity index (χ0n) is 17.7. The van der Waals surface area contributed by atoms with Crippen molar-refractivity contribution in [3.63, 3.8) is 0 Å². The van der Waals surface area contributed by atoms with Crippen LogP contribution in [-0.4, -0.2) is 38.6 Å². The van der Waals surface area contributed by atoms with Crippen molar-refractivity contribution in [2.75, 3.05) is 11.1 Å². The Morgan fingerprint density at radius 1 is 1.06 bits per heavy atom. The summed E-state index contributed by atoms with van der Waals surface area (Å²) < 4.78 is 42.0. The van der Waals surface area contributed by atoms with Gasteiger partial charge in [0, 0.05) is 12.2 Å². The third kappa shape index (κ3) is 7.81. The molecule has 12 heteroatoms. The number of carbonyl (C=O) groups excluding carboxylic acids is 2. The molecule has 34 heavy (non-hydrogen) atoms. The number of imidazole rings is 1. The fourth-order valence-electron chi connectivity index (χ4n) is 2.87. The minimum atomic E-state index is -4.80. The van der Waals surface area contributed by atoms with Crippen LogP contribution in [0.2, 0.25) is 0 Å². The second kappa shape index (κ2) is 11.6. The molecule has 1 heterocycles. The van der Waals surface area contributed by atoms with Crippen molar-refractivity contribution >= 4 is 29.3 Å². The van der Waals surface area contributed by atoms with Gasteiger partial charge in [-0.1, -0.05) is 42.1 Å². The van der Waals surface area contributed by atoms with Gasteiger partial charge in [-0.05, 0) is 29.8 Å². The molecule has 0 unspecified atom stereocenters. The van der Waals surface area contributed by atoms with Crippen molar-refractivity contribution in [2.24, 2.45) is 0 Å². The van der Waals surface area contributed by atoms with Crippen LogP contribution in [0.3, 0.4) is 0 Å². The maximum atomic E-state index is 12.4. The molecule has 3 N–H and O–H groups in total. The van der Waals surface area contributed by atoms with Gasteiger partial charge in [-0.3, -0.25) is 9.59 Å². The highest BCUT2D eigenvalue weighted by Gasteiger charge is 2.31. The molecule has 0 spiro atoms. The first kappa shape index (κ1) is 25.1. The number of thioether (sulfide) groups is 1. The van der Waals surface area contributed by atoms with Crippen LogP contribution in [0.1, 0.15) is 11.3 Å². The number of rotatable bonds is 10. The van der Waals surface area contributed by atoms with Gasteiger partial charge in [0.2, 0.25) is 11.8 Å². The molecule has 0 saturated carbocycles. The molecule has 0 aliphatic heterocycles. The Hall–Kier alpha value is -3.51. The molecule has 3 rings (SSSR count). The molecule has 3 aromatic rings. The molecule has 180 valence electrons. The lowest BCUT2D eigenvalue weighted by molar-refractivity contribution is -0.274. The predicted octanol–water partition coefficient (Wildman–Crippen LogP) is 3.32. The summed E-state index contributed by atoms with van der Waals surface area (Å²) >= 11 is 1.05. The Balaban J connectivity index is 1.53. The van der Waals surface area contributed by atoms with E-state index in [4.69, 9.17) is 0 Å². The van der Waals surface area contributed by atoms with E-state index in [-0.39, 0.29) is 24.8 Å². The standard InChI is InChI=1S/C22H21F3N4O4S/c23-22(24,25)33-18-8-6-16(7-9-18)28-20(32)14-34-21-27-11-17(13-30)29(21)12-19(31)26-10-15-4-2-1-3-5-15/h1-9,11,30H,10,12-14H2,(H,26,31)(H,28,32). The van der Waals surface area contributed by atoms with Crippen LogP contribution < -0.4 is 15.4 Å². The largest absolute Gasteiger partial charge is 0.573 e. The number of nitrogens with one attached hydrogen (secondary N) is 2. The van der Waals surface area contributed by atoms with Crippen molar-refractivity contribution in [1.82, 2.24) is 14.9 Å². The first-order valence-electron chi connectivity index (χ1n) is 9.98. The lowest BCUT2D eigenvalue weighted by atomic mass is 10.2. The van der Waals surface area contributed by atoms with Crippen molar-refractivity contribution < 1.29 is 32.6 Å². The molecule has 0 atom stereocenters. The topological polar surface area (TPSA) is 105 Å². The molecule has 8 nitrogen and oxygen atoms in total. The Morgan fingerprint density at radius 2 is 1.76 bits per heavy atom. The van der Waals surface area contributed by atoms with E-state index in [1.807, 2.05) is 30.3 Å². The molecule has 2 aromatic carbocycles. The summed E-state index contributed by atoms with van der Waals surface area (Å²) in [5.41, 5.74) is 1.64. The number of ether oxygens (including phenoxy) is 1. The van der Waals surface area contributed by atoms with E-state index >= 15 is 0 Å². The molecule has 0 saturated heterocycles. The highest BCUT2D eigenvalue weighted by molar-refractivity contribution is 7.99. The lowest BCUT2D eigenvalue weighted by Gasteiger charge is -2.12. The van der Waals surface area contributed by atoms with Crippen LogP contribution in [0, 0.1) is 0 Å². The van der Waals surface area contributed by atoms with Gasteiger partial charge in [-0.15, -0.1) is 13.2 Å². The zero-order chi connectivity index (χ0) is 24.6. The van der Waals surface area contributed by atoms with Crippen LogP contribution in [0.4, 0.5) is 18.9 Å². The smallest absolute Gasteiger partial charge is 0.406 e. The predicted molar refractivity (Wildman–Crippen MR) is 119 cm³/mol. The number of aromatic nitrogens is 2. The van der Waals surface area contributed by atoms with Crippen LogP contribution in [0.25, 0.3) is 0 Å². The molecular formula is C22H21F3N4O4S. The number of amides is 2. The monoisotopic (exact) mass is 494 g/mol. The van der Waals surface area contributed by atoms with Gasteiger partial charge in [0.15, 0.2) is 5.16 Å². The fraction of sp³-hybridized carbons (Fsp3) is 0.227. The third-order valence-corrected chi connectivity index (χ3v) is 5.39. The number of aliphatic hydroxyl groups excluding tert-OH is 1. The number of benzene rings is 2. The lowest BCUT2D eigenvalue weighted by Crippen LogP contribution is -2.28. The molecule has 0 aliphatic carbocycles. The van der Waals surface area contributed by atoms with Gasteiger partial charge in [0.25, 0.3) is 0 Å². The molecule has 0 bridgehead atoms. The number of carbonyl (C=O) groups is 2. The quantitative estimate of drug-likeness (QED) is 0.374. The average Bonchev–Trinajstić information content (AvgIpc) is 3.18. The number of alkyl halides is 3. The van der Waals surface area contributed by atoms with E-state index in [0.717, 1.165) is 29.5 Å². The second-order valence-electron chi connectivity index (χ2n) is 6.95. The van der Waals surface area contributed by atoms with E-state index < -0.39 is 18.0 Å². The minimum Gasteiger partial charge on any atom is -0.406 e.